The van der Waals surface area contributed by atoms with Crippen LogP contribution in [0.5, 0.6) is 5.75 Å². The van der Waals surface area contributed by atoms with E-state index in [-0.39, 0.29) is 11.6 Å². The zero-order valence-electron chi connectivity index (χ0n) is 17.6. The number of halogens is 1. The molecular formula is C21H21ClN6O4. The number of carbonyl (C=O) groups is 1. The number of non-ortho nitro benzene ring substituents is 1. The second-order valence-electron chi connectivity index (χ2n) is 7.31. The quantitative estimate of drug-likeness (QED) is 0.429. The molecule has 0 aliphatic carbocycles. The van der Waals surface area contributed by atoms with Crippen molar-refractivity contribution in [3.8, 4) is 11.4 Å². The molecular weight excluding hydrogens is 436 g/mol. The molecule has 1 aliphatic rings. The van der Waals surface area contributed by atoms with Crippen LogP contribution in [0.15, 0.2) is 42.5 Å². The van der Waals surface area contributed by atoms with E-state index < -0.39 is 4.92 Å². The van der Waals surface area contributed by atoms with Crippen molar-refractivity contribution in [2.75, 3.05) is 38.2 Å². The van der Waals surface area contributed by atoms with Crippen LogP contribution >= 0.6 is 11.6 Å². The van der Waals surface area contributed by atoms with E-state index in [2.05, 4.69) is 10.3 Å². The fraction of sp³-hybridized carbons (Fsp3) is 0.286. The van der Waals surface area contributed by atoms with Crippen LogP contribution in [0.2, 0.25) is 5.02 Å². The lowest BCUT2D eigenvalue weighted by molar-refractivity contribution is -0.384. The highest BCUT2D eigenvalue weighted by Gasteiger charge is 2.27. The van der Waals surface area contributed by atoms with Gasteiger partial charge >= 0.3 is 0 Å². The van der Waals surface area contributed by atoms with Crippen LogP contribution in [0, 0.1) is 17.0 Å². The molecule has 1 fully saturated rings. The van der Waals surface area contributed by atoms with Crippen LogP contribution in [0.1, 0.15) is 16.2 Å². The number of anilines is 1. The molecule has 1 aliphatic heterocycles. The van der Waals surface area contributed by atoms with Gasteiger partial charge in [-0.3, -0.25) is 14.9 Å². The summed E-state index contributed by atoms with van der Waals surface area (Å²) < 4.78 is 6.80. The van der Waals surface area contributed by atoms with Gasteiger partial charge in [0.1, 0.15) is 5.75 Å². The van der Waals surface area contributed by atoms with Gasteiger partial charge < -0.3 is 14.5 Å². The summed E-state index contributed by atoms with van der Waals surface area (Å²) in [4.78, 5) is 27.2. The number of hydrogen-bond acceptors (Lipinski definition) is 7. The summed E-state index contributed by atoms with van der Waals surface area (Å²) in [5, 5.41) is 19.5. The molecule has 1 saturated heterocycles. The minimum Gasteiger partial charge on any atom is -0.497 e. The first-order chi connectivity index (χ1) is 15.4. The standard InChI is InChI=1S/C21H21ClN6O4/c1-14-20(23-24-27(14)15-3-6-17(32-2)7-4-15)21(29)26-11-9-25(10-12-26)19-8-5-16(28(30)31)13-18(19)22/h3-8,13H,9-12H2,1-2H3. The molecule has 0 radical (unpaired) electrons. The number of methoxy groups -OCH3 is 1. The third-order valence-corrected chi connectivity index (χ3v) is 5.77. The predicted molar refractivity (Wildman–Crippen MR) is 119 cm³/mol. The number of carbonyl (C=O) groups excluding carboxylic acids is 1. The zero-order chi connectivity index (χ0) is 22.8. The normalized spacial score (nSPS) is 13.8. The van der Waals surface area contributed by atoms with E-state index in [1.165, 1.54) is 12.1 Å². The minimum absolute atomic E-state index is 0.0528. The first-order valence-electron chi connectivity index (χ1n) is 9.94. The SMILES string of the molecule is COc1ccc(-n2nnc(C(=O)N3CCN(c4ccc([N+](=O)[O-])cc4Cl)CC3)c2C)cc1. The van der Waals surface area contributed by atoms with Crippen molar-refractivity contribution in [3.63, 3.8) is 0 Å². The van der Waals surface area contributed by atoms with Gasteiger partial charge in [0.15, 0.2) is 5.69 Å². The van der Waals surface area contributed by atoms with E-state index in [0.717, 1.165) is 11.4 Å². The number of nitro groups is 1. The number of ether oxygens (including phenoxy) is 1. The van der Waals surface area contributed by atoms with E-state index in [9.17, 15) is 14.9 Å². The Hall–Kier alpha value is -3.66. The molecule has 11 heteroatoms. The first-order valence-corrected chi connectivity index (χ1v) is 10.3. The van der Waals surface area contributed by atoms with Crippen LogP contribution in [0.25, 0.3) is 5.69 Å². The predicted octanol–water partition coefficient (Wildman–Crippen LogP) is 3.11. The molecule has 32 heavy (non-hydrogen) atoms. The third kappa shape index (κ3) is 4.09. The second kappa shape index (κ2) is 8.83. The van der Waals surface area contributed by atoms with Crippen LogP contribution < -0.4 is 9.64 Å². The molecule has 1 amide bonds. The maximum absolute atomic E-state index is 13.1. The number of aromatic nitrogens is 3. The highest BCUT2D eigenvalue weighted by atomic mass is 35.5. The number of nitro benzene ring substituents is 1. The number of hydrogen-bond donors (Lipinski definition) is 0. The van der Waals surface area contributed by atoms with Gasteiger partial charge in [0.25, 0.3) is 11.6 Å². The first kappa shape index (κ1) is 21.6. The molecule has 10 nitrogen and oxygen atoms in total. The minimum atomic E-state index is -0.478. The van der Waals surface area contributed by atoms with Crippen LogP contribution in [0.4, 0.5) is 11.4 Å². The molecule has 0 bridgehead atoms. The summed E-state index contributed by atoms with van der Waals surface area (Å²) >= 11 is 6.25. The van der Waals surface area contributed by atoms with Gasteiger partial charge in [-0.2, -0.15) is 0 Å². The average Bonchev–Trinajstić information content (AvgIpc) is 3.20. The summed E-state index contributed by atoms with van der Waals surface area (Å²) in [5.41, 5.74) is 2.41. The largest absolute Gasteiger partial charge is 0.497 e. The number of nitrogens with zero attached hydrogens (tertiary/aromatic N) is 6. The Morgan fingerprint density at radius 2 is 1.81 bits per heavy atom. The molecule has 2 aromatic carbocycles. The monoisotopic (exact) mass is 456 g/mol. The summed E-state index contributed by atoms with van der Waals surface area (Å²) in [7, 11) is 1.60. The molecule has 4 rings (SSSR count). The van der Waals surface area contributed by atoms with Gasteiger partial charge in [-0.1, -0.05) is 16.8 Å². The van der Waals surface area contributed by atoms with Crippen molar-refractivity contribution < 1.29 is 14.5 Å². The maximum atomic E-state index is 13.1. The van der Waals surface area contributed by atoms with E-state index in [0.29, 0.717) is 48.3 Å². The Balaban J connectivity index is 1.45. The fourth-order valence-corrected chi connectivity index (χ4v) is 3.96. The Morgan fingerprint density at radius 3 is 2.41 bits per heavy atom. The highest BCUT2D eigenvalue weighted by molar-refractivity contribution is 6.33. The summed E-state index contributed by atoms with van der Waals surface area (Å²) in [6, 6.07) is 11.8. The molecule has 2 heterocycles. The molecule has 1 aromatic heterocycles. The summed E-state index contributed by atoms with van der Waals surface area (Å²) in [6.07, 6.45) is 0. The zero-order valence-corrected chi connectivity index (χ0v) is 18.3. The van der Waals surface area contributed by atoms with Crippen molar-refractivity contribution in [1.82, 2.24) is 19.9 Å². The number of rotatable bonds is 5. The van der Waals surface area contributed by atoms with Gasteiger partial charge in [0, 0.05) is 38.3 Å². The van der Waals surface area contributed by atoms with Crippen molar-refractivity contribution in [2.45, 2.75) is 6.92 Å². The molecule has 3 aromatic rings. The Kier molecular flexibility index (Phi) is 5.95. The molecule has 166 valence electrons. The Labute approximate surface area is 189 Å². The third-order valence-electron chi connectivity index (χ3n) is 5.46. The smallest absolute Gasteiger partial charge is 0.276 e. The van der Waals surface area contributed by atoms with Crippen LogP contribution in [-0.4, -0.2) is 64.0 Å². The van der Waals surface area contributed by atoms with Crippen molar-refractivity contribution in [1.29, 1.82) is 0 Å². The van der Waals surface area contributed by atoms with Crippen molar-refractivity contribution >= 4 is 28.9 Å². The molecule has 0 N–H and O–H groups in total. The van der Waals surface area contributed by atoms with E-state index >= 15 is 0 Å². The average molecular weight is 457 g/mol. The van der Waals surface area contributed by atoms with Crippen molar-refractivity contribution in [3.05, 3.63) is 69.0 Å². The Morgan fingerprint density at radius 1 is 1.12 bits per heavy atom. The number of benzene rings is 2. The fourth-order valence-electron chi connectivity index (χ4n) is 3.66. The summed E-state index contributed by atoms with van der Waals surface area (Å²) in [5.74, 6) is 0.547. The molecule has 0 atom stereocenters. The van der Waals surface area contributed by atoms with E-state index in [4.69, 9.17) is 16.3 Å². The maximum Gasteiger partial charge on any atom is 0.276 e. The van der Waals surface area contributed by atoms with Gasteiger partial charge in [-0.15, -0.1) is 5.10 Å². The number of piperazine rings is 1. The highest BCUT2D eigenvalue weighted by Crippen LogP contribution is 2.30. The van der Waals surface area contributed by atoms with Crippen LogP contribution in [-0.2, 0) is 0 Å². The lowest BCUT2D eigenvalue weighted by atomic mass is 10.2. The van der Waals surface area contributed by atoms with Crippen LogP contribution in [0.3, 0.4) is 0 Å². The van der Waals surface area contributed by atoms with Gasteiger partial charge in [-0.05, 0) is 37.3 Å². The molecule has 0 spiro atoms. The number of amides is 1. The Bertz CT molecular complexity index is 1160. The van der Waals surface area contributed by atoms with Gasteiger partial charge in [-0.25, -0.2) is 4.68 Å². The topological polar surface area (TPSA) is 107 Å². The molecule has 0 saturated carbocycles. The lowest BCUT2D eigenvalue weighted by Gasteiger charge is -2.36. The van der Waals surface area contributed by atoms with E-state index in [1.54, 1.807) is 22.8 Å². The molecule has 0 unspecified atom stereocenters. The van der Waals surface area contributed by atoms with E-state index in [1.807, 2.05) is 36.1 Å². The van der Waals surface area contributed by atoms with Gasteiger partial charge in [0.05, 0.1) is 34.1 Å². The van der Waals surface area contributed by atoms with Crippen molar-refractivity contribution in [2.24, 2.45) is 0 Å². The second-order valence-corrected chi connectivity index (χ2v) is 7.71. The van der Waals surface area contributed by atoms with Gasteiger partial charge in [0.2, 0.25) is 0 Å². The lowest BCUT2D eigenvalue weighted by Crippen LogP contribution is -2.49. The summed E-state index contributed by atoms with van der Waals surface area (Å²) in [6.45, 7) is 3.86.